The molecule has 2 N–H and O–H groups in total. The van der Waals surface area contributed by atoms with Crippen LogP contribution in [0.5, 0.6) is 0 Å². The number of carbonyl (C=O) groups is 1. The standard InChI is InChI=1S/C14H21BrN2O3S/c1-3-4-5-10-16-14(18)11(2)17-21(19,20)13-8-6-12(15)7-9-13/h6-9,11,17H,3-5,10H2,1-2H3,(H,16,18)/t11-/m0/s1. The van der Waals surface area contributed by atoms with Crippen LogP contribution in [0.25, 0.3) is 0 Å². The van der Waals surface area contributed by atoms with Gasteiger partial charge in [-0.3, -0.25) is 4.79 Å². The molecule has 5 nitrogen and oxygen atoms in total. The number of benzene rings is 1. The van der Waals surface area contributed by atoms with Crippen molar-refractivity contribution in [1.82, 2.24) is 10.0 Å². The second-order valence-electron chi connectivity index (χ2n) is 4.80. The number of amides is 1. The molecule has 0 aliphatic heterocycles. The molecular weight excluding hydrogens is 356 g/mol. The Hall–Kier alpha value is -0.920. The van der Waals surface area contributed by atoms with Gasteiger partial charge >= 0.3 is 0 Å². The Morgan fingerprint density at radius 1 is 1.24 bits per heavy atom. The minimum Gasteiger partial charge on any atom is -0.355 e. The fraction of sp³-hybridized carbons (Fsp3) is 0.500. The quantitative estimate of drug-likeness (QED) is 0.684. The molecule has 7 heteroatoms. The van der Waals surface area contributed by atoms with Crippen molar-refractivity contribution in [1.29, 1.82) is 0 Å². The Bertz CT molecular complexity index is 558. The maximum atomic E-state index is 12.1. The van der Waals surface area contributed by atoms with Crippen LogP contribution < -0.4 is 10.0 Å². The van der Waals surface area contributed by atoms with Crippen molar-refractivity contribution < 1.29 is 13.2 Å². The number of sulfonamides is 1. The van der Waals surface area contributed by atoms with Crippen LogP contribution in [-0.2, 0) is 14.8 Å². The summed E-state index contributed by atoms with van der Waals surface area (Å²) in [5.74, 6) is -0.313. The van der Waals surface area contributed by atoms with Crippen molar-refractivity contribution in [3.05, 3.63) is 28.7 Å². The number of unbranched alkanes of at least 4 members (excludes halogenated alkanes) is 2. The molecule has 0 radical (unpaired) electrons. The van der Waals surface area contributed by atoms with Gasteiger partial charge < -0.3 is 5.32 Å². The van der Waals surface area contributed by atoms with Gasteiger partial charge in [-0.15, -0.1) is 0 Å². The lowest BCUT2D eigenvalue weighted by molar-refractivity contribution is -0.122. The van der Waals surface area contributed by atoms with Crippen LogP contribution in [0.1, 0.15) is 33.1 Å². The van der Waals surface area contributed by atoms with Crippen LogP contribution in [0.15, 0.2) is 33.6 Å². The lowest BCUT2D eigenvalue weighted by Crippen LogP contribution is -2.44. The SMILES string of the molecule is CCCCCNC(=O)[C@H](C)NS(=O)(=O)c1ccc(Br)cc1. The van der Waals surface area contributed by atoms with Crippen molar-refractivity contribution in [3.8, 4) is 0 Å². The summed E-state index contributed by atoms with van der Waals surface area (Å²) >= 11 is 3.25. The molecule has 0 saturated heterocycles. The summed E-state index contributed by atoms with van der Waals surface area (Å²) in [6.45, 7) is 4.18. The smallest absolute Gasteiger partial charge is 0.241 e. The van der Waals surface area contributed by atoms with E-state index in [0.717, 1.165) is 23.7 Å². The van der Waals surface area contributed by atoms with Crippen LogP contribution in [0.3, 0.4) is 0 Å². The molecule has 1 amide bonds. The van der Waals surface area contributed by atoms with Gasteiger partial charge in [-0.25, -0.2) is 8.42 Å². The Balaban J connectivity index is 2.58. The third kappa shape index (κ3) is 6.15. The van der Waals surface area contributed by atoms with Crippen LogP contribution in [-0.4, -0.2) is 26.9 Å². The normalized spacial score (nSPS) is 12.9. The molecule has 0 heterocycles. The van der Waals surface area contributed by atoms with Crippen molar-refractivity contribution in [2.75, 3.05) is 6.54 Å². The fourth-order valence-electron chi connectivity index (χ4n) is 1.71. The van der Waals surface area contributed by atoms with Gasteiger partial charge in [0.15, 0.2) is 0 Å². The van der Waals surface area contributed by atoms with E-state index in [9.17, 15) is 13.2 Å². The largest absolute Gasteiger partial charge is 0.355 e. The summed E-state index contributed by atoms with van der Waals surface area (Å²) in [5.41, 5.74) is 0. The van der Waals surface area contributed by atoms with Crippen LogP contribution in [0.2, 0.25) is 0 Å². The lowest BCUT2D eigenvalue weighted by atomic mass is 10.2. The molecule has 0 aliphatic carbocycles. The third-order valence-corrected chi connectivity index (χ3v) is 5.01. The van der Waals surface area contributed by atoms with Gasteiger partial charge in [0.05, 0.1) is 10.9 Å². The predicted octanol–water partition coefficient (Wildman–Crippen LogP) is 2.42. The van der Waals surface area contributed by atoms with E-state index in [2.05, 4.69) is 32.9 Å². The van der Waals surface area contributed by atoms with E-state index in [1.165, 1.54) is 19.1 Å². The van der Waals surface area contributed by atoms with Gasteiger partial charge in [0.1, 0.15) is 0 Å². The number of rotatable bonds is 8. The summed E-state index contributed by atoms with van der Waals surface area (Å²) in [5, 5.41) is 2.73. The van der Waals surface area contributed by atoms with Gasteiger partial charge in [-0.2, -0.15) is 4.72 Å². The summed E-state index contributed by atoms with van der Waals surface area (Å²) in [7, 11) is -3.69. The maximum Gasteiger partial charge on any atom is 0.241 e. The Morgan fingerprint density at radius 3 is 2.43 bits per heavy atom. The van der Waals surface area contributed by atoms with Crippen molar-refractivity contribution in [2.45, 2.75) is 44.0 Å². The highest BCUT2D eigenvalue weighted by atomic mass is 79.9. The zero-order valence-corrected chi connectivity index (χ0v) is 14.6. The average molecular weight is 377 g/mol. The van der Waals surface area contributed by atoms with E-state index in [0.29, 0.717) is 6.54 Å². The highest BCUT2D eigenvalue weighted by Crippen LogP contribution is 2.14. The molecule has 0 saturated carbocycles. The monoisotopic (exact) mass is 376 g/mol. The van der Waals surface area contributed by atoms with Crippen molar-refractivity contribution in [2.24, 2.45) is 0 Å². The first-order chi connectivity index (χ1) is 9.86. The minimum absolute atomic E-state index is 0.135. The highest BCUT2D eigenvalue weighted by molar-refractivity contribution is 9.10. The summed E-state index contributed by atoms with van der Waals surface area (Å²) < 4.78 is 27.4. The molecule has 0 fully saturated rings. The molecule has 1 aromatic carbocycles. The highest BCUT2D eigenvalue weighted by Gasteiger charge is 2.21. The van der Waals surface area contributed by atoms with E-state index < -0.39 is 16.1 Å². The summed E-state index contributed by atoms with van der Waals surface area (Å²) in [6.07, 6.45) is 3.01. The van der Waals surface area contributed by atoms with Gasteiger partial charge in [0.2, 0.25) is 15.9 Å². The van der Waals surface area contributed by atoms with Crippen molar-refractivity contribution >= 4 is 31.9 Å². The molecule has 0 bridgehead atoms. The second-order valence-corrected chi connectivity index (χ2v) is 7.42. The Kier molecular flexibility index (Phi) is 7.34. The summed E-state index contributed by atoms with van der Waals surface area (Å²) in [4.78, 5) is 12.0. The van der Waals surface area contributed by atoms with Crippen LogP contribution in [0, 0.1) is 0 Å². The molecule has 118 valence electrons. The molecule has 0 unspecified atom stereocenters. The number of halogens is 1. The molecular formula is C14H21BrN2O3S. The lowest BCUT2D eigenvalue weighted by Gasteiger charge is -2.14. The first kappa shape index (κ1) is 18.1. The van der Waals surface area contributed by atoms with E-state index in [4.69, 9.17) is 0 Å². The van der Waals surface area contributed by atoms with E-state index in [1.807, 2.05) is 0 Å². The van der Waals surface area contributed by atoms with Gasteiger partial charge in [0, 0.05) is 11.0 Å². The van der Waals surface area contributed by atoms with Gasteiger partial charge in [-0.05, 0) is 37.6 Å². The van der Waals surface area contributed by atoms with Crippen LogP contribution >= 0.6 is 15.9 Å². The van der Waals surface area contributed by atoms with E-state index in [1.54, 1.807) is 12.1 Å². The maximum absolute atomic E-state index is 12.1. The number of nitrogens with one attached hydrogen (secondary N) is 2. The van der Waals surface area contributed by atoms with Gasteiger partial charge in [0.25, 0.3) is 0 Å². The third-order valence-electron chi connectivity index (χ3n) is 2.93. The van der Waals surface area contributed by atoms with Crippen molar-refractivity contribution in [3.63, 3.8) is 0 Å². The van der Waals surface area contributed by atoms with Gasteiger partial charge in [-0.1, -0.05) is 35.7 Å². The topological polar surface area (TPSA) is 75.3 Å². The molecule has 21 heavy (non-hydrogen) atoms. The Morgan fingerprint density at radius 2 is 1.86 bits per heavy atom. The first-order valence-electron chi connectivity index (χ1n) is 6.92. The van der Waals surface area contributed by atoms with E-state index >= 15 is 0 Å². The minimum atomic E-state index is -3.69. The first-order valence-corrected chi connectivity index (χ1v) is 9.20. The number of hydrogen-bond donors (Lipinski definition) is 2. The zero-order chi connectivity index (χ0) is 15.9. The Labute approximate surface area is 134 Å². The number of hydrogen-bond acceptors (Lipinski definition) is 3. The zero-order valence-electron chi connectivity index (χ0n) is 12.2. The molecule has 1 atom stereocenters. The second kappa shape index (κ2) is 8.51. The van der Waals surface area contributed by atoms with E-state index in [-0.39, 0.29) is 10.8 Å². The molecule has 1 rings (SSSR count). The van der Waals surface area contributed by atoms with Crippen LogP contribution in [0.4, 0.5) is 0 Å². The fourth-order valence-corrected chi connectivity index (χ4v) is 3.18. The summed E-state index contributed by atoms with van der Waals surface area (Å²) in [6, 6.07) is 5.45. The molecule has 1 aromatic rings. The molecule has 0 aromatic heterocycles. The number of carbonyl (C=O) groups excluding carboxylic acids is 1. The molecule has 0 spiro atoms. The predicted molar refractivity (Wildman–Crippen MR) is 86.5 cm³/mol. The molecule has 0 aliphatic rings. The average Bonchev–Trinajstić information content (AvgIpc) is 2.43.